The summed E-state index contributed by atoms with van der Waals surface area (Å²) < 4.78 is 31.1. The molecule has 0 saturated heterocycles. The van der Waals surface area contributed by atoms with Crippen molar-refractivity contribution in [2.75, 3.05) is 20.2 Å². The highest BCUT2D eigenvalue weighted by molar-refractivity contribution is 7.89. The minimum absolute atomic E-state index is 0.108. The lowest BCUT2D eigenvalue weighted by molar-refractivity contribution is -0.120. The van der Waals surface area contributed by atoms with E-state index in [2.05, 4.69) is 10.0 Å². The summed E-state index contributed by atoms with van der Waals surface area (Å²) in [6.07, 6.45) is 0.380. The molecule has 6 nitrogen and oxygen atoms in total. The van der Waals surface area contributed by atoms with Crippen LogP contribution in [0, 0.1) is 0 Å². The van der Waals surface area contributed by atoms with E-state index in [1.165, 1.54) is 19.2 Å². The zero-order valence-corrected chi connectivity index (χ0v) is 11.8. The maximum Gasteiger partial charge on any atom is 0.240 e. The third-order valence-electron chi connectivity index (χ3n) is 2.43. The van der Waals surface area contributed by atoms with Gasteiger partial charge in [0, 0.05) is 19.5 Å². The quantitative estimate of drug-likeness (QED) is 0.715. The van der Waals surface area contributed by atoms with E-state index in [4.69, 9.17) is 4.74 Å². The molecule has 19 heavy (non-hydrogen) atoms. The van der Waals surface area contributed by atoms with E-state index < -0.39 is 10.0 Å². The molecule has 0 aliphatic heterocycles. The highest BCUT2D eigenvalue weighted by Gasteiger charge is 2.13. The molecule has 0 heterocycles. The van der Waals surface area contributed by atoms with Crippen LogP contribution < -0.4 is 14.8 Å². The summed E-state index contributed by atoms with van der Waals surface area (Å²) in [5, 5.41) is 2.59. The monoisotopic (exact) mass is 286 g/mol. The van der Waals surface area contributed by atoms with Gasteiger partial charge < -0.3 is 10.1 Å². The standard InChI is InChI=1S/C12H18N2O4S/c1-3-12(15)13-8-9-14-19(16,17)11-6-4-10(18-2)5-7-11/h4-7,14H,3,8-9H2,1-2H3,(H,13,15). The van der Waals surface area contributed by atoms with E-state index in [1.807, 2.05) is 0 Å². The van der Waals surface area contributed by atoms with E-state index in [-0.39, 0.29) is 23.9 Å². The van der Waals surface area contributed by atoms with Crippen LogP contribution in [0.15, 0.2) is 29.2 Å². The zero-order chi connectivity index (χ0) is 14.3. The molecule has 0 bridgehead atoms. The Kier molecular flexibility index (Phi) is 5.78. The smallest absolute Gasteiger partial charge is 0.240 e. The molecule has 0 unspecified atom stereocenters. The number of ether oxygens (including phenoxy) is 1. The second-order valence-electron chi connectivity index (χ2n) is 3.78. The first-order chi connectivity index (χ1) is 8.99. The number of hydrogen-bond donors (Lipinski definition) is 2. The Morgan fingerprint density at radius 2 is 1.84 bits per heavy atom. The summed E-state index contributed by atoms with van der Waals surface area (Å²) in [5.74, 6) is 0.484. The minimum atomic E-state index is -3.55. The Hall–Kier alpha value is -1.60. The molecule has 0 fully saturated rings. The lowest BCUT2D eigenvalue weighted by atomic mass is 10.3. The lowest BCUT2D eigenvalue weighted by Gasteiger charge is -2.08. The van der Waals surface area contributed by atoms with Gasteiger partial charge in [-0.05, 0) is 24.3 Å². The highest BCUT2D eigenvalue weighted by Crippen LogP contribution is 2.14. The van der Waals surface area contributed by atoms with Gasteiger partial charge in [-0.25, -0.2) is 13.1 Å². The van der Waals surface area contributed by atoms with E-state index in [0.717, 1.165) is 0 Å². The fourth-order valence-electron chi connectivity index (χ4n) is 1.35. The Bertz CT molecular complexity index is 511. The fourth-order valence-corrected chi connectivity index (χ4v) is 2.38. The molecule has 2 N–H and O–H groups in total. The van der Waals surface area contributed by atoms with Crippen molar-refractivity contribution in [3.05, 3.63) is 24.3 Å². The first-order valence-corrected chi connectivity index (χ1v) is 7.38. The molecule has 1 rings (SSSR count). The number of carbonyl (C=O) groups is 1. The first-order valence-electron chi connectivity index (χ1n) is 5.90. The van der Waals surface area contributed by atoms with Crippen molar-refractivity contribution in [2.45, 2.75) is 18.2 Å². The zero-order valence-electron chi connectivity index (χ0n) is 11.0. The maximum absolute atomic E-state index is 11.9. The van der Waals surface area contributed by atoms with Gasteiger partial charge in [0.2, 0.25) is 15.9 Å². The molecule has 1 aromatic rings. The number of amides is 1. The molecule has 0 aromatic heterocycles. The Balaban J connectivity index is 2.53. The molecular formula is C12H18N2O4S. The van der Waals surface area contributed by atoms with Crippen LogP contribution >= 0.6 is 0 Å². The number of sulfonamides is 1. The highest BCUT2D eigenvalue weighted by atomic mass is 32.2. The van der Waals surface area contributed by atoms with Crippen LogP contribution in [-0.2, 0) is 14.8 Å². The maximum atomic E-state index is 11.9. The SMILES string of the molecule is CCC(=O)NCCNS(=O)(=O)c1ccc(OC)cc1. The van der Waals surface area contributed by atoms with Crippen molar-refractivity contribution < 1.29 is 17.9 Å². The van der Waals surface area contributed by atoms with Crippen molar-refractivity contribution in [2.24, 2.45) is 0 Å². The second kappa shape index (κ2) is 7.10. The van der Waals surface area contributed by atoms with Crippen molar-refractivity contribution >= 4 is 15.9 Å². The van der Waals surface area contributed by atoms with Crippen LogP contribution in [0.4, 0.5) is 0 Å². The number of methoxy groups -OCH3 is 1. The fraction of sp³-hybridized carbons (Fsp3) is 0.417. The summed E-state index contributed by atoms with van der Waals surface area (Å²) in [5.41, 5.74) is 0. The first kappa shape index (κ1) is 15.5. The van der Waals surface area contributed by atoms with Crippen molar-refractivity contribution in [3.63, 3.8) is 0 Å². The molecule has 0 atom stereocenters. The van der Waals surface area contributed by atoms with Crippen LogP contribution in [0.1, 0.15) is 13.3 Å². The number of carbonyl (C=O) groups excluding carboxylic acids is 1. The predicted molar refractivity (Wildman–Crippen MR) is 71.5 cm³/mol. The summed E-state index contributed by atoms with van der Waals surface area (Å²) >= 11 is 0. The van der Waals surface area contributed by atoms with Gasteiger partial charge in [-0.1, -0.05) is 6.92 Å². The number of hydrogen-bond acceptors (Lipinski definition) is 4. The van der Waals surface area contributed by atoms with Crippen molar-refractivity contribution in [3.8, 4) is 5.75 Å². The number of rotatable bonds is 7. The summed E-state index contributed by atoms with van der Waals surface area (Å²) in [6.45, 7) is 2.15. The molecule has 0 aliphatic rings. The van der Waals surface area contributed by atoms with Gasteiger partial charge in [0.15, 0.2) is 0 Å². The number of nitrogens with one attached hydrogen (secondary N) is 2. The second-order valence-corrected chi connectivity index (χ2v) is 5.54. The van der Waals surface area contributed by atoms with E-state index >= 15 is 0 Å². The molecule has 7 heteroatoms. The van der Waals surface area contributed by atoms with Gasteiger partial charge in [0.25, 0.3) is 0 Å². The van der Waals surface area contributed by atoms with Gasteiger partial charge >= 0.3 is 0 Å². The van der Waals surface area contributed by atoms with E-state index in [0.29, 0.717) is 12.2 Å². The van der Waals surface area contributed by atoms with Gasteiger partial charge in [0.1, 0.15) is 5.75 Å². The van der Waals surface area contributed by atoms with Crippen molar-refractivity contribution in [1.29, 1.82) is 0 Å². The third kappa shape index (κ3) is 4.88. The van der Waals surface area contributed by atoms with Crippen LogP contribution in [-0.4, -0.2) is 34.5 Å². The van der Waals surface area contributed by atoms with Gasteiger partial charge in [-0.2, -0.15) is 0 Å². The van der Waals surface area contributed by atoms with E-state index in [1.54, 1.807) is 19.1 Å². The molecule has 0 saturated carbocycles. The van der Waals surface area contributed by atoms with Crippen LogP contribution in [0.3, 0.4) is 0 Å². The average molecular weight is 286 g/mol. The number of benzene rings is 1. The Morgan fingerprint density at radius 1 is 1.21 bits per heavy atom. The summed E-state index contributed by atoms with van der Waals surface area (Å²) in [7, 11) is -2.03. The topological polar surface area (TPSA) is 84.5 Å². The average Bonchev–Trinajstić information content (AvgIpc) is 2.43. The normalized spacial score (nSPS) is 11.1. The van der Waals surface area contributed by atoms with Crippen molar-refractivity contribution in [1.82, 2.24) is 10.0 Å². The summed E-state index contributed by atoms with van der Waals surface area (Å²) in [6, 6.07) is 6.08. The van der Waals surface area contributed by atoms with Crippen LogP contribution in [0.2, 0.25) is 0 Å². The molecule has 0 radical (unpaired) electrons. The lowest BCUT2D eigenvalue weighted by Crippen LogP contribution is -2.34. The minimum Gasteiger partial charge on any atom is -0.497 e. The molecule has 1 amide bonds. The Morgan fingerprint density at radius 3 is 2.37 bits per heavy atom. The molecule has 0 aliphatic carbocycles. The predicted octanol–water partition coefficient (Wildman–Crippen LogP) is 0.500. The van der Waals surface area contributed by atoms with Gasteiger partial charge in [0.05, 0.1) is 12.0 Å². The van der Waals surface area contributed by atoms with E-state index in [9.17, 15) is 13.2 Å². The Labute approximate surface area is 113 Å². The van der Waals surface area contributed by atoms with Gasteiger partial charge in [-0.3, -0.25) is 4.79 Å². The molecule has 0 spiro atoms. The largest absolute Gasteiger partial charge is 0.497 e. The molecule has 1 aromatic carbocycles. The third-order valence-corrected chi connectivity index (χ3v) is 3.91. The van der Waals surface area contributed by atoms with Gasteiger partial charge in [-0.15, -0.1) is 0 Å². The van der Waals surface area contributed by atoms with Crippen LogP contribution in [0.25, 0.3) is 0 Å². The van der Waals surface area contributed by atoms with Crippen LogP contribution in [0.5, 0.6) is 5.75 Å². The summed E-state index contributed by atoms with van der Waals surface area (Å²) in [4.78, 5) is 11.1. The molecule has 106 valence electrons. The molecular weight excluding hydrogens is 268 g/mol.